The predicted octanol–water partition coefficient (Wildman–Crippen LogP) is 5.29. The number of phenols is 2. The molecule has 0 heterocycles. The molecule has 2 N–H and O–H groups in total. The maximum absolute atomic E-state index is 11.1. The molecule has 0 aliphatic rings. The van der Waals surface area contributed by atoms with Crippen molar-refractivity contribution in [2.45, 2.75) is 27.7 Å². The molecule has 0 atom stereocenters. The first kappa shape index (κ1) is 21.2. The Hall–Kier alpha value is -2.55. The quantitative estimate of drug-likeness (QED) is 0.577. The summed E-state index contributed by atoms with van der Waals surface area (Å²) in [5.74, 6) is 0.465. The van der Waals surface area contributed by atoms with Crippen LogP contribution in [0, 0.1) is 27.7 Å². The van der Waals surface area contributed by atoms with Crippen molar-refractivity contribution in [1.82, 2.24) is 4.67 Å². The van der Waals surface area contributed by atoms with Gasteiger partial charge in [-0.25, -0.2) is 4.74 Å². The minimum Gasteiger partial charge on any atom is -0.507 e. The zero-order valence-corrected chi connectivity index (χ0v) is 18.8. The van der Waals surface area contributed by atoms with Gasteiger partial charge in [-0.3, -0.25) is 4.67 Å². The monoisotopic (exact) mass is 408 g/mol. The van der Waals surface area contributed by atoms with Crippen molar-refractivity contribution in [2.24, 2.45) is 4.74 Å². The fourth-order valence-electron chi connectivity index (χ4n) is 3.77. The molecule has 0 fully saturated rings. The number of aromatic hydroxyl groups is 2. The van der Waals surface area contributed by atoms with Gasteiger partial charge in [-0.2, -0.15) is 0 Å². The van der Waals surface area contributed by atoms with Gasteiger partial charge in [0.2, 0.25) is 0 Å². The molecule has 0 aromatic heterocycles. The summed E-state index contributed by atoms with van der Waals surface area (Å²) >= 11 is 0. The van der Waals surface area contributed by atoms with Crippen molar-refractivity contribution in [3.8, 4) is 11.5 Å². The van der Waals surface area contributed by atoms with Crippen molar-refractivity contribution in [2.75, 3.05) is 14.1 Å². The molecule has 0 amide bonds. The van der Waals surface area contributed by atoms with Gasteiger partial charge in [0, 0.05) is 0 Å². The minimum absolute atomic E-state index is 0.232. The van der Waals surface area contributed by atoms with Gasteiger partial charge in [0.15, 0.2) is 0 Å². The predicted molar refractivity (Wildman–Crippen MR) is 124 cm³/mol. The minimum atomic E-state index is -2.72. The molecule has 3 rings (SSSR count). The zero-order valence-electron chi connectivity index (χ0n) is 17.9. The van der Waals surface area contributed by atoms with E-state index in [0.29, 0.717) is 0 Å². The number of phenolic OH excluding ortho intramolecular Hbond substituents is 2. The molecule has 0 aliphatic heterocycles. The SMILES string of the molecule is Cc1cc(C)c(O)c(P(=Nc2ccccc2)(c2cc(C)cc(C)c2O)N(C)C)c1. The lowest BCUT2D eigenvalue weighted by Crippen LogP contribution is -2.28. The Kier molecular flexibility index (Phi) is 5.88. The first-order valence-electron chi connectivity index (χ1n) is 9.63. The van der Waals surface area contributed by atoms with Crippen LogP contribution in [0.5, 0.6) is 11.5 Å². The average Bonchev–Trinajstić information content (AvgIpc) is 2.66. The largest absolute Gasteiger partial charge is 0.507 e. The number of nitrogens with zero attached hydrogens (tertiary/aromatic N) is 2. The number of aryl methyl sites for hydroxylation is 4. The number of hydrogen-bond acceptors (Lipinski definition) is 3. The molecule has 0 unspecified atom stereocenters. The van der Waals surface area contributed by atoms with Crippen molar-refractivity contribution in [3.05, 3.63) is 76.9 Å². The van der Waals surface area contributed by atoms with E-state index in [2.05, 4.69) is 4.67 Å². The van der Waals surface area contributed by atoms with Crippen LogP contribution in [0.3, 0.4) is 0 Å². The molecule has 3 aromatic carbocycles. The molecular formula is C24H29N2O2P. The van der Waals surface area contributed by atoms with E-state index in [4.69, 9.17) is 4.74 Å². The Balaban J connectivity index is 2.57. The second-order valence-corrected chi connectivity index (χ2v) is 10.9. The highest BCUT2D eigenvalue weighted by molar-refractivity contribution is 7.79. The van der Waals surface area contributed by atoms with Gasteiger partial charge in [0.1, 0.15) is 18.7 Å². The third-order valence-corrected chi connectivity index (χ3v) is 8.82. The first-order valence-corrected chi connectivity index (χ1v) is 11.3. The number of benzene rings is 3. The van der Waals surface area contributed by atoms with Crippen molar-refractivity contribution < 1.29 is 10.2 Å². The second-order valence-electron chi connectivity index (χ2n) is 7.78. The summed E-state index contributed by atoms with van der Waals surface area (Å²) in [5.41, 5.74) is 4.52. The molecule has 152 valence electrons. The molecule has 0 saturated heterocycles. The van der Waals surface area contributed by atoms with Crippen LogP contribution in [-0.4, -0.2) is 29.0 Å². The lowest BCUT2D eigenvalue weighted by Gasteiger charge is -2.34. The normalized spacial score (nSPS) is 11.7. The standard InChI is InChI=1S/C24H29N2O2P/c1-16-12-18(3)23(27)21(14-16)29(26(5)6,25-20-10-8-7-9-11-20)22-15-17(2)13-19(4)24(22)28/h7-15,27-28H,1-6H3. The van der Waals surface area contributed by atoms with Crippen LogP contribution in [-0.2, 0) is 0 Å². The summed E-state index contributed by atoms with van der Waals surface area (Å²) < 4.78 is 7.29. The average molecular weight is 408 g/mol. The molecule has 3 aromatic rings. The van der Waals surface area contributed by atoms with Crippen LogP contribution in [0.2, 0.25) is 0 Å². The van der Waals surface area contributed by atoms with E-state index in [0.717, 1.165) is 38.6 Å². The lowest BCUT2D eigenvalue weighted by atomic mass is 10.1. The fourth-order valence-corrected chi connectivity index (χ4v) is 7.46. The van der Waals surface area contributed by atoms with Crippen LogP contribution < -0.4 is 10.6 Å². The topological polar surface area (TPSA) is 56.1 Å². The van der Waals surface area contributed by atoms with Crippen LogP contribution in [0.25, 0.3) is 0 Å². The zero-order chi connectivity index (χ0) is 21.3. The van der Waals surface area contributed by atoms with E-state index in [9.17, 15) is 10.2 Å². The lowest BCUT2D eigenvalue weighted by molar-refractivity contribution is 0.473. The van der Waals surface area contributed by atoms with Gasteiger partial charge < -0.3 is 10.2 Å². The van der Waals surface area contributed by atoms with Gasteiger partial charge in [-0.05, 0) is 88.3 Å². The van der Waals surface area contributed by atoms with E-state index in [1.165, 1.54) is 0 Å². The van der Waals surface area contributed by atoms with Gasteiger partial charge in [0.05, 0.1) is 16.3 Å². The van der Waals surface area contributed by atoms with Crippen LogP contribution in [0.1, 0.15) is 22.3 Å². The Morgan fingerprint density at radius 2 is 1.17 bits per heavy atom. The molecule has 29 heavy (non-hydrogen) atoms. The summed E-state index contributed by atoms with van der Waals surface area (Å²) in [6.07, 6.45) is 0. The molecule has 5 heteroatoms. The van der Waals surface area contributed by atoms with E-state index < -0.39 is 7.21 Å². The van der Waals surface area contributed by atoms with Gasteiger partial charge in [0.25, 0.3) is 0 Å². The fraction of sp³-hybridized carbons (Fsp3) is 0.250. The highest BCUT2D eigenvalue weighted by atomic mass is 31.2. The highest BCUT2D eigenvalue weighted by Gasteiger charge is 2.34. The summed E-state index contributed by atoms with van der Waals surface area (Å²) in [7, 11) is 1.21. The van der Waals surface area contributed by atoms with E-state index in [1.54, 1.807) is 0 Å². The van der Waals surface area contributed by atoms with E-state index in [-0.39, 0.29) is 11.5 Å². The van der Waals surface area contributed by atoms with Crippen molar-refractivity contribution >= 4 is 23.5 Å². The first-order chi connectivity index (χ1) is 13.7. The molecule has 0 saturated carbocycles. The maximum atomic E-state index is 11.1. The molecule has 0 radical (unpaired) electrons. The summed E-state index contributed by atoms with van der Waals surface area (Å²) in [5, 5.41) is 23.8. The number of hydrogen-bond donors (Lipinski definition) is 2. The Bertz CT molecular complexity index is 1040. The summed E-state index contributed by atoms with van der Waals surface area (Å²) in [6.45, 7) is 7.84. The third kappa shape index (κ3) is 3.83. The summed E-state index contributed by atoms with van der Waals surface area (Å²) in [6, 6.07) is 17.7. The van der Waals surface area contributed by atoms with Crippen molar-refractivity contribution in [3.63, 3.8) is 0 Å². The van der Waals surface area contributed by atoms with E-state index in [1.807, 2.05) is 96.4 Å². The highest BCUT2D eigenvalue weighted by Crippen LogP contribution is 2.56. The number of rotatable bonds is 4. The van der Waals surface area contributed by atoms with Crippen LogP contribution in [0.15, 0.2) is 59.3 Å². The Morgan fingerprint density at radius 3 is 1.59 bits per heavy atom. The van der Waals surface area contributed by atoms with Gasteiger partial charge >= 0.3 is 0 Å². The molecule has 0 spiro atoms. The maximum Gasteiger partial charge on any atom is 0.129 e. The molecule has 4 nitrogen and oxygen atoms in total. The second kappa shape index (κ2) is 8.06. The van der Waals surface area contributed by atoms with E-state index >= 15 is 0 Å². The molecule has 0 bridgehead atoms. The Morgan fingerprint density at radius 1 is 0.724 bits per heavy atom. The molecule has 0 aliphatic carbocycles. The van der Waals surface area contributed by atoms with Crippen LogP contribution >= 0.6 is 7.21 Å². The Labute approximate surface area is 173 Å². The third-order valence-electron chi connectivity index (χ3n) is 5.12. The van der Waals surface area contributed by atoms with Gasteiger partial charge in [-0.15, -0.1) is 0 Å². The van der Waals surface area contributed by atoms with Crippen LogP contribution in [0.4, 0.5) is 5.69 Å². The van der Waals surface area contributed by atoms with Crippen molar-refractivity contribution in [1.29, 1.82) is 0 Å². The summed E-state index contributed by atoms with van der Waals surface area (Å²) in [4.78, 5) is 0. The van der Waals surface area contributed by atoms with Gasteiger partial charge in [-0.1, -0.05) is 30.3 Å². The smallest absolute Gasteiger partial charge is 0.129 e. The molecular weight excluding hydrogens is 379 g/mol.